The van der Waals surface area contributed by atoms with Crippen molar-refractivity contribution >= 4 is 40.6 Å². The van der Waals surface area contributed by atoms with E-state index in [1.54, 1.807) is 0 Å². The zero-order valence-electron chi connectivity index (χ0n) is 18.5. The minimum Gasteiger partial charge on any atom is -0.366 e. The van der Waals surface area contributed by atoms with Crippen molar-refractivity contribution in [1.82, 2.24) is 0 Å². The lowest BCUT2D eigenvalue weighted by Crippen LogP contribution is -2.48. The third-order valence-electron chi connectivity index (χ3n) is 5.73. The van der Waals surface area contributed by atoms with Crippen LogP contribution in [0.25, 0.3) is 0 Å². The fraction of sp³-hybridized carbons (Fsp3) is 0.409. The molecule has 1 N–H and O–H groups in total. The molecule has 0 aromatic heterocycles. The Bertz CT molecular complexity index is 1090. The molecule has 0 saturated carbocycles. The van der Waals surface area contributed by atoms with E-state index in [4.69, 9.17) is 11.6 Å². The van der Waals surface area contributed by atoms with E-state index < -0.39 is 15.5 Å². The summed E-state index contributed by atoms with van der Waals surface area (Å²) in [4.78, 5) is 23.2. The van der Waals surface area contributed by atoms with Crippen molar-refractivity contribution in [3.05, 3.63) is 66.7 Å². The van der Waals surface area contributed by atoms with Crippen LogP contribution in [0.4, 0.5) is 22.7 Å². The van der Waals surface area contributed by atoms with E-state index in [2.05, 4.69) is 43.1 Å². The average molecular weight is 460 g/mol. The number of nitro groups is 2. The maximum absolute atomic E-state index is 11.3. The summed E-state index contributed by atoms with van der Waals surface area (Å²) in [6.07, 6.45) is 3.53. The topological polar surface area (TPSA) is 114 Å². The van der Waals surface area contributed by atoms with Crippen LogP contribution in [0.3, 0.4) is 0 Å². The van der Waals surface area contributed by atoms with Gasteiger partial charge < -0.3 is 4.90 Å². The molecule has 1 heterocycles. The first-order valence-corrected chi connectivity index (χ1v) is 10.8. The van der Waals surface area contributed by atoms with Gasteiger partial charge in [0.15, 0.2) is 0 Å². The molecule has 170 valence electrons. The summed E-state index contributed by atoms with van der Waals surface area (Å²) in [7, 11) is 0. The van der Waals surface area contributed by atoms with E-state index in [0.29, 0.717) is 16.5 Å². The zero-order chi connectivity index (χ0) is 23.6. The lowest BCUT2D eigenvalue weighted by atomic mass is 9.79. The number of non-ortho nitro benzene ring substituents is 1. The van der Waals surface area contributed by atoms with Gasteiger partial charge in [0.05, 0.1) is 27.2 Å². The van der Waals surface area contributed by atoms with Crippen molar-refractivity contribution in [1.29, 1.82) is 0 Å². The van der Waals surface area contributed by atoms with Crippen LogP contribution in [0.15, 0.2) is 35.4 Å². The highest BCUT2D eigenvalue weighted by Gasteiger charge is 2.36. The van der Waals surface area contributed by atoms with E-state index >= 15 is 0 Å². The molecule has 0 radical (unpaired) electrons. The van der Waals surface area contributed by atoms with E-state index in [9.17, 15) is 20.2 Å². The van der Waals surface area contributed by atoms with Crippen molar-refractivity contribution in [3.63, 3.8) is 0 Å². The van der Waals surface area contributed by atoms with Crippen LogP contribution in [0.5, 0.6) is 0 Å². The molecule has 2 aromatic carbocycles. The molecule has 10 heteroatoms. The normalized spacial score (nSPS) is 17.3. The van der Waals surface area contributed by atoms with Crippen LogP contribution in [0.1, 0.15) is 57.6 Å². The predicted octanol–water partition coefficient (Wildman–Crippen LogP) is 6.10. The third kappa shape index (κ3) is 4.67. The highest BCUT2D eigenvalue weighted by molar-refractivity contribution is 6.33. The van der Waals surface area contributed by atoms with E-state index in [0.717, 1.165) is 31.1 Å². The highest BCUT2D eigenvalue weighted by atomic mass is 35.5. The Labute approximate surface area is 191 Å². The maximum atomic E-state index is 11.3. The van der Waals surface area contributed by atoms with E-state index in [1.807, 2.05) is 12.1 Å². The summed E-state index contributed by atoms with van der Waals surface area (Å²) < 4.78 is 0. The molecule has 1 unspecified atom stereocenters. The van der Waals surface area contributed by atoms with Crippen LogP contribution >= 0.6 is 11.6 Å². The van der Waals surface area contributed by atoms with E-state index in [1.165, 1.54) is 23.9 Å². The monoisotopic (exact) mass is 459 g/mol. The van der Waals surface area contributed by atoms with Gasteiger partial charge in [0.2, 0.25) is 0 Å². The number of hydrogen-bond acceptors (Lipinski definition) is 7. The van der Waals surface area contributed by atoms with Gasteiger partial charge in [-0.05, 0) is 56.4 Å². The van der Waals surface area contributed by atoms with Gasteiger partial charge >= 0.3 is 5.69 Å². The number of nitro benzene ring substituents is 2. The third-order valence-corrected chi connectivity index (χ3v) is 6.06. The summed E-state index contributed by atoms with van der Waals surface area (Å²) in [6.45, 7) is 9.76. The van der Waals surface area contributed by atoms with Gasteiger partial charge in [-0.15, -0.1) is 0 Å². The molecule has 0 fully saturated rings. The van der Waals surface area contributed by atoms with Crippen molar-refractivity contribution < 1.29 is 9.85 Å². The number of anilines is 2. The first kappa shape index (κ1) is 23.5. The Kier molecular flexibility index (Phi) is 6.68. The highest BCUT2D eigenvalue weighted by Crippen LogP contribution is 2.45. The molecule has 2 aromatic rings. The van der Waals surface area contributed by atoms with Crippen molar-refractivity contribution in [3.8, 4) is 0 Å². The lowest BCUT2D eigenvalue weighted by Gasteiger charge is -2.47. The summed E-state index contributed by atoms with van der Waals surface area (Å²) in [5.74, 6) is 0.334. The summed E-state index contributed by atoms with van der Waals surface area (Å²) >= 11 is 6.56. The maximum Gasteiger partial charge on any atom is 0.301 e. The van der Waals surface area contributed by atoms with Gasteiger partial charge in [0.1, 0.15) is 5.69 Å². The van der Waals surface area contributed by atoms with Crippen LogP contribution in [-0.4, -0.2) is 28.1 Å². The fourth-order valence-electron chi connectivity index (χ4n) is 4.32. The first-order chi connectivity index (χ1) is 15.0. The SMILES string of the molecule is CCCN1c2cc(Cl)c(/C=N\Nc3ccc([N+](=O)[O-])cc3[N+](=O)[O-])cc2C(C)CC1(C)C. The molecule has 1 aliphatic heterocycles. The number of rotatable bonds is 7. The minimum absolute atomic E-state index is 0.0256. The van der Waals surface area contributed by atoms with Gasteiger partial charge in [-0.1, -0.05) is 25.4 Å². The molecule has 0 aliphatic carbocycles. The smallest absolute Gasteiger partial charge is 0.301 e. The molecule has 0 amide bonds. The number of nitrogens with zero attached hydrogens (tertiary/aromatic N) is 4. The molecular formula is C22H26ClN5O4. The minimum atomic E-state index is -0.692. The second kappa shape index (κ2) is 9.12. The lowest BCUT2D eigenvalue weighted by molar-refractivity contribution is -0.393. The molecular weight excluding hydrogens is 434 g/mol. The fourth-order valence-corrected chi connectivity index (χ4v) is 4.52. The number of hydrazone groups is 1. The van der Waals surface area contributed by atoms with Gasteiger partial charge in [-0.3, -0.25) is 25.7 Å². The second-order valence-electron chi connectivity index (χ2n) is 8.59. The second-order valence-corrected chi connectivity index (χ2v) is 8.99. The van der Waals surface area contributed by atoms with Crippen LogP contribution in [-0.2, 0) is 0 Å². The number of halogens is 1. The number of benzene rings is 2. The molecule has 0 spiro atoms. The quantitative estimate of drug-likeness (QED) is 0.303. The van der Waals surface area contributed by atoms with Gasteiger partial charge in [0, 0.05) is 29.4 Å². The van der Waals surface area contributed by atoms with Crippen molar-refractivity contribution in [2.24, 2.45) is 5.10 Å². The summed E-state index contributed by atoms with van der Waals surface area (Å²) in [6, 6.07) is 7.31. The number of hydrogen-bond donors (Lipinski definition) is 1. The standard InChI is InChI=1S/C22H26ClN5O4/c1-5-8-26-20-11-18(23)15(9-17(20)14(2)12-22(26,3)4)13-24-25-19-7-6-16(27(29)30)10-21(19)28(31)32/h6-7,9-11,13-14,25H,5,8,12H2,1-4H3/b24-13-. The Morgan fingerprint density at radius 1 is 1.25 bits per heavy atom. The summed E-state index contributed by atoms with van der Waals surface area (Å²) in [5, 5.41) is 26.8. The Balaban J connectivity index is 1.91. The van der Waals surface area contributed by atoms with Crippen LogP contribution in [0.2, 0.25) is 5.02 Å². The van der Waals surface area contributed by atoms with Crippen molar-refractivity contribution in [2.45, 2.75) is 52.0 Å². The van der Waals surface area contributed by atoms with Crippen LogP contribution < -0.4 is 10.3 Å². The van der Waals surface area contributed by atoms with Crippen molar-refractivity contribution in [2.75, 3.05) is 16.9 Å². The molecule has 0 bridgehead atoms. The Morgan fingerprint density at radius 3 is 2.59 bits per heavy atom. The largest absolute Gasteiger partial charge is 0.366 e. The first-order valence-electron chi connectivity index (χ1n) is 10.4. The van der Waals surface area contributed by atoms with E-state index in [-0.39, 0.29) is 16.9 Å². The van der Waals surface area contributed by atoms with Crippen LogP contribution in [0, 0.1) is 20.2 Å². The Morgan fingerprint density at radius 2 is 1.97 bits per heavy atom. The molecule has 3 rings (SSSR count). The van der Waals surface area contributed by atoms with Gasteiger partial charge in [-0.2, -0.15) is 5.10 Å². The molecule has 32 heavy (non-hydrogen) atoms. The number of nitrogens with one attached hydrogen (secondary N) is 1. The number of fused-ring (bicyclic) bond motifs is 1. The zero-order valence-corrected chi connectivity index (χ0v) is 19.2. The van der Waals surface area contributed by atoms with Gasteiger partial charge in [0.25, 0.3) is 5.69 Å². The molecule has 0 saturated heterocycles. The Hall–Kier alpha value is -3.20. The molecule has 1 atom stereocenters. The molecule has 1 aliphatic rings. The predicted molar refractivity (Wildman–Crippen MR) is 127 cm³/mol. The average Bonchev–Trinajstić information content (AvgIpc) is 2.71. The van der Waals surface area contributed by atoms with Gasteiger partial charge in [-0.25, -0.2) is 0 Å². The summed E-state index contributed by atoms with van der Waals surface area (Å²) in [5.41, 5.74) is 4.88. The molecule has 9 nitrogen and oxygen atoms in total.